The fourth-order valence-electron chi connectivity index (χ4n) is 3.38. The molecule has 2 saturated heterocycles. The third-order valence-corrected chi connectivity index (χ3v) is 5.65. The highest BCUT2D eigenvalue weighted by Crippen LogP contribution is 2.33. The van der Waals surface area contributed by atoms with E-state index in [1.54, 1.807) is 11.3 Å². The number of aromatic nitrogens is 4. The Morgan fingerprint density at radius 3 is 2.86 bits per heavy atom. The molecule has 6 nitrogen and oxygen atoms in total. The van der Waals surface area contributed by atoms with Gasteiger partial charge in [-0.15, -0.1) is 10.2 Å². The lowest BCUT2D eigenvalue weighted by molar-refractivity contribution is 0.0831. The van der Waals surface area contributed by atoms with E-state index in [-0.39, 0.29) is 0 Å². The minimum absolute atomic E-state index is 0.440. The number of nitrogens with zero attached hydrogens (tertiary/aromatic N) is 4. The standard InChI is InChI=1S/C14H21N5OS/c1-9-8-11(2-5-15-9)13-18-19-12(16-17-14(19)21-13)10-3-6-20-7-4-10/h9-11,15H,2-8H2,1H3. The maximum absolute atomic E-state index is 5.44. The van der Waals surface area contributed by atoms with Crippen LogP contribution in [0.15, 0.2) is 0 Å². The number of nitrogens with one attached hydrogen (secondary N) is 1. The van der Waals surface area contributed by atoms with E-state index in [4.69, 9.17) is 9.84 Å². The number of piperidine rings is 1. The highest BCUT2D eigenvalue weighted by atomic mass is 32.1. The summed E-state index contributed by atoms with van der Waals surface area (Å²) in [5.74, 6) is 2.03. The predicted molar refractivity (Wildman–Crippen MR) is 80.9 cm³/mol. The molecule has 21 heavy (non-hydrogen) atoms. The molecule has 0 saturated carbocycles. The van der Waals surface area contributed by atoms with Gasteiger partial charge in [-0.3, -0.25) is 0 Å². The van der Waals surface area contributed by atoms with Crippen LogP contribution in [0.25, 0.3) is 4.96 Å². The molecule has 4 heterocycles. The highest BCUT2D eigenvalue weighted by Gasteiger charge is 2.27. The molecule has 2 fully saturated rings. The van der Waals surface area contributed by atoms with Crippen LogP contribution >= 0.6 is 11.3 Å². The first-order chi connectivity index (χ1) is 10.3. The molecule has 1 N–H and O–H groups in total. The van der Waals surface area contributed by atoms with Crippen molar-refractivity contribution < 1.29 is 4.74 Å². The fourth-order valence-corrected chi connectivity index (χ4v) is 4.37. The molecule has 0 aromatic carbocycles. The van der Waals surface area contributed by atoms with E-state index >= 15 is 0 Å². The molecule has 2 unspecified atom stereocenters. The third kappa shape index (κ3) is 2.58. The van der Waals surface area contributed by atoms with Crippen LogP contribution in [0.5, 0.6) is 0 Å². The van der Waals surface area contributed by atoms with Gasteiger partial charge in [-0.05, 0) is 39.2 Å². The lowest BCUT2D eigenvalue weighted by atomic mass is 9.94. The molecule has 2 aliphatic heterocycles. The Bertz CT molecular complexity index is 618. The average molecular weight is 307 g/mol. The van der Waals surface area contributed by atoms with E-state index in [1.807, 2.05) is 4.52 Å². The van der Waals surface area contributed by atoms with Gasteiger partial charge in [0.2, 0.25) is 4.96 Å². The zero-order valence-electron chi connectivity index (χ0n) is 12.3. The van der Waals surface area contributed by atoms with Crippen molar-refractivity contribution in [1.82, 2.24) is 25.1 Å². The summed E-state index contributed by atoms with van der Waals surface area (Å²) in [6, 6.07) is 0.577. The SMILES string of the molecule is CC1CC(c2nn3c(C4CCOCC4)nnc3s2)CCN1. The quantitative estimate of drug-likeness (QED) is 0.918. The topological polar surface area (TPSA) is 64.3 Å². The van der Waals surface area contributed by atoms with Gasteiger partial charge in [0.1, 0.15) is 5.01 Å². The van der Waals surface area contributed by atoms with Gasteiger partial charge in [-0.2, -0.15) is 9.61 Å². The summed E-state index contributed by atoms with van der Waals surface area (Å²) in [6.45, 7) is 4.98. The van der Waals surface area contributed by atoms with E-state index in [1.165, 1.54) is 11.4 Å². The van der Waals surface area contributed by atoms with Crippen LogP contribution in [0, 0.1) is 0 Å². The zero-order chi connectivity index (χ0) is 14.2. The fraction of sp³-hybridized carbons (Fsp3) is 0.786. The molecule has 0 spiro atoms. The summed E-state index contributed by atoms with van der Waals surface area (Å²) in [7, 11) is 0. The van der Waals surface area contributed by atoms with E-state index < -0.39 is 0 Å². The average Bonchev–Trinajstić information content (AvgIpc) is 3.08. The number of fused-ring (bicyclic) bond motifs is 1. The summed E-state index contributed by atoms with van der Waals surface area (Å²) in [4.78, 5) is 0.942. The molecule has 2 atom stereocenters. The Balaban J connectivity index is 1.62. The smallest absolute Gasteiger partial charge is 0.234 e. The van der Waals surface area contributed by atoms with E-state index in [0.29, 0.717) is 17.9 Å². The maximum Gasteiger partial charge on any atom is 0.234 e. The Morgan fingerprint density at radius 1 is 1.19 bits per heavy atom. The first kappa shape index (κ1) is 13.6. The van der Waals surface area contributed by atoms with Crippen LogP contribution in [0.4, 0.5) is 0 Å². The first-order valence-corrected chi connectivity index (χ1v) is 8.66. The molecular formula is C14H21N5OS. The van der Waals surface area contributed by atoms with Crippen molar-refractivity contribution in [1.29, 1.82) is 0 Å². The van der Waals surface area contributed by atoms with Gasteiger partial charge in [0.05, 0.1) is 0 Å². The second kappa shape index (κ2) is 5.62. The molecule has 0 bridgehead atoms. The van der Waals surface area contributed by atoms with Crippen LogP contribution in [-0.4, -0.2) is 45.6 Å². The number of ether oxygens (including phenoxy) is 1. The molecule has 4 rings (SSSR count). The van der Waals surface area contributed by atoms with Crippen molar-refractivity contribution in [2.45, 2.75) is 50.5 Å². The van der Waals surface area contributed by atoms with Crippen molar-refractivity contribution in [2.75, 3.05) is 19.8 Å². The van der Waals surface area contributed by atoms with Gasteiger partial charge in [-0.25, -0.2) is 0 Å². The summed E-state index contributed by atoms with van der Waals surface area (Å²) in [5.41, 5.74) is 0. The highest BCUT2D eigenvalue weighted by molar-refractivity contribution is 7.16. The van der Waals surface area contributed by atoms with Crippen molar-refractivity contribution in [3.05, 3.63) is 10.8 Å². The minimum atomic E-state index is 0.440. The molecule has 7 heteroatoms. The monoisotopic (exact) mass is 307 g/mol. The number of hydrogen-bond acceptors (Lipinski definition) is 6. The van der Waals surface area contributed by atoms with Crippen molar-refractivity contribution in [3.8, 4) is 0 Å². The van der Waals surface area contributed by atoms with Crippen LogP contribution in [0.3, 0.4) is 0 Å². The van der Waals surface area contributed by atoms with E-state index in [0.717, 1.165) is 49.8 Å². The van der Waals surface area contributed by atoms with Gasteiger partial charge in [-0.1, -0.05) is 11.3 Å². The summed E-state index contributed by atoms with van der Waals surface area (Å²) in [6.07, 6.45) is 4.38. The van der Waals surface area contributed by atoms with Crippen LogP contribution in [-0.2, 0) is 4.74 Å². The van der Waals surface area contributed by atoms with Gasteiger partial charge in [0.15, 0.2) is 5.82 Å². The molecule has 114 valence electrons. The van der Waals surface area contributed by atoms with Gasteiger partial charge >= 0.3 is 0 Å². The van der Waals surface area contributed by atoms with Crippen molar-refractivity contribution in [2.24, 2.45) is 0 Å². The largest absolute Gasteiger partial charge is 0.381 e. The summed E-state index contributed by atoms with van der Waals surface area (Å²) >= 11 is 1.71. The minimum Gasteiger partial charge on any atom is -0.381 e. The van der Waals surface area contributed by atoms with Crippen molar-refractivity contribution >= 4 is 16.3 Å². The van der Waals surface area contributed by atoms with Crippen LogP contribution in [0.2, 0.25) is 0 Å². The lowest BCUT2D eigenvalue weighted by Crippen LogP contribution is -2.34. The maximum atomic E-state index is 5.44. The van der Waals surface area contributed by atoms with E-state index in [9.17, 15) is 0 Å². The molecule has 2 aliphatic rings. The van der Waals surface area contributed by atoms with Gasteiger partial charge in [0, 0.05) is 31.1 Å². The molecular weight excluding hydrogens is 286 g/mol. The Labute approximate surface area is 127 Å². The summed E-state index contributed by atoms with van der Waals surface area (Å²) < 4.78 is 7.43. The Hall–Kier alpha value is -1.05. The van der Waals surface area contributed by atoms with Crippen LogP contribution < -0.4 is 5.32 Å². The Kier molecular flexibility index (Phi) is 3.64. The lowest BCUT2D eigenvalue weighted by Gasteiger charge is -2.26. The molecule has 0 aliphatic carbocycles. The molecule has 0 amide bonds. The van der Waals surface area contributed by atoms with Gasteiger partial charge < -0.3 is 10.1 Å². The molecule has 2 aromatic heterocycles. The normalized spacial score (nSPS) is 28.2. The third-order valence-electron chi connectivity index (χ3n) is 4.59. The summed E-state index contributed by atoms with van der Waals surface area (Å²) in [5, 5.41) is 18.3. The van der Waals surface area contributed by atoms with Crippen LogP contribution in [0.1, 0.15) is 55.3 Å². The predicted octanol–water partition coefficient (Wildman–Crippen LogP) is 1.94. The molecule has 2 aromatic rings. The number of rotatable bonds is 2. The molecule has 0 radical (unpaired) electrons. The Morgan fingerprint density at radius 2 is 2.05 bits per heavy atom. The van der Waals surface area contributed by atoms with Crippen molar-refractivity contribution in [3.63, 3.8) is 0 Å². The van der Waals surface area contributed by atoms with E-state index in [2.05, 4.69) is 22.4 Å². The number of hydrogen-bond donors (Lipinski definition) is 1. The zero-order valence-corrected chi connectivity index (χ0v) is 13.1. The first-order valence-electron chi connectivity index (χ1n) is 7.84. The van der Waals surface area contributed by atoms with Gasteiger partial charge in [0.25, 0.3) is 0 Å². The second-order valence-electron chi connectivity index (χ2n) is 6.16. The second-order valence-corrected chi connectivity index (χ2v) is 7.14.